The van der Waals surface area contributed by atoms with Gasteiger partial charge in [-0.05, 0) is 0 Å². The van der Waals surface area contributed by atoms with Crippen molar-refractivity contribution in [3.05, 3.63) is 63.3 Å². The van der Waals surface area contributed by atoms with Crippen LogP contribution in [-0.2, 0) is 52.4 Å². The summed E-state index contributed by atoms with van der Waals surface area (Å²) in [7, 11) is 0. The van der Waals surface area contributed by atoms with Crippen molar-refractivity contribution in [1.82, 2.24) is 0 Å². The van der Waals surface area contributed by atoms with Gasteiger partial charge in [0.2, 0.25) is 0 Å². The molecule has 0 aliphatic rings. The minimum Gasteiger partial charge on any atom is -0.465 e. The largest absolute Gasteiger partial charge is 0.465 e. The van der Waals surface area contributed by atoms with E-state index in [9.17, 15) is 29.1 Å². The van der Waals surface area contributed by atoms with Gasteiger partial charge in [0.25, 0.3) is 0 Å². The van der Waals surface area contributed by atoms with Crippen LogP contribution >= 0.6 is 0 Å². The van der Waals surface area contributed by atoms with Crippen molar-refractivity contribution in [3.8, 4) is 0 Å². The third-order valence-corrected chi connectivity index (χ3v) is 5.40. The number of carbonyl (C=O) groups excluding carboxylic acids is 5. The van der Waals surface area contributed by atoms with Gasteiger partial charge in [-0.15, -0.1) is 32.9 Å². The normalized spacial score (nSPS) is 10.9. The Morgan fingerprint density at radius 2 is 0.690 bits per heavy atom. The molecule has 0 unspecified atom stereocenters. The summed E-state index contributed by atoms with van der Waals surface area (Å²) < 4.78 is 32.4. The molecule has 234 valence electrons. The second-order valence-corrected chi connectivity index (χ2v) is 9.42. The van der Waals surface area contributed by atoms with Gasteiger partial charge in [-0.1, -0.05) is 30.4 Å². The average Bonchev–Trinajstić information content (AvgIpc) is 2.95. The number of aliphatic hydroxyl groups excluding tert-OH is 1. The molecule has 0 radical (unpaired) electrons. The molecule has 0 bridgehead atoms. The summed E-state index contributed by atoms with van der Waals surface area (Å²) in [5, 5.41) is 10.3. The van der Waals surface area contributed by atoms with E-state index in [1.54, 1.807) is 0 Å². The first-order chi connectivity index (χ1) is 20.0. The van der Waals surface area contributed by atoms with Crippen molar-refractivity contribution < 1.29 is 57.5 Å². The number of esters is 5. The van der Waals surface area contributed by atoms with Gasteiger partial charge in [0.1, 0.15) is 33.0 Å². The van der Waals surface area contributed by atoms with Crippen LogP contribution in [0.25, 0.3) is 0 Å². The van der Waals surface area contributed by atoms with Crippen molar-refractivity contribution >= 4 is 29.8 Å². The highest BCUT2D eigenvalue weighted by molar-refractivity contribution is 5.72. The highest BCUT2D eigenvalue weighted by atomic mass is 16.6. The molecule has 42 heavy (non-hydrogen) atoms. The van der Waals surface area contributed by atoms with Crippen LogP contribution in [0.3, 0.4) is 0 Å². The van der Waals surface area contributed by atoms with E-state index < -0.39 is 67.1 Å². The maximum Gasteiger partial charge on any atom is 0.309 e. The molecule has 0 fully saturated rings. The Labute approximate surface area is 246 Å². The van der Waals surface area contributed by atoms with Crippen molar-refractivity contribution in [2.45, 2.75) is 32.1 Å². The summed E-state index contributed by atoms with van der Waals surface area (Å²) in [5.41, 5.74) is -2.80. The summed E-state index contributed by atoms with van der Waals surface area (Å²) in [6.45, 7) is 14.1. The molecule has 0 spiro atoms. The standard InChI is InChI=1S/C30H42O12/c1-6-11-24(32)38-19-29(16-31,20-39-25(33)12-7-2)17-37-18-30(21-40-26(34)13-8-3,22-41-27(35)14-9-4)23-42-28(36)15-10-5/h6-10,31H,1-5,11-23H2. The van der Waals surface area contributed by atoms with E-state index in [4.69, 9.17) is 28.4 Å². The molecular weight excluding hydrogens is 552 g/mol. The van der Waals surface area contributed by atoms with Crippen LogP contribution in [-0.4, -0.2) is 87.8 Å². The fourth-order valence-electron chi connectivity index (χ4n) is 3.05. The first-order valence-corrected chi connectivity index (χ1v) is 13.1. The van der Waals surface area contributed by atoms with E-state index in [1.165, 1.54) is 30.4 Å². The lowest BCUT2D eigenvalue weighted by atomic mass is 9.90. The van der Waals surface area contributed by atoms with Crippen molar-refractivity contribution in [3.63, 3.8) is 0 Å². The van der Waals surface area contributed by atoms with Crippen LogP contribution in [0.4, 0.5) is 0 Å². The summed E-state index contributed by atoms with van der Waals surface area (Å²) in [4.78, 5) is 60.4. The Balaban J connectivity index is 6.09. The third-order valence-electron chi connectivity index (χ3n) is 5.40. The molecule has 0 aromatic carbocycles. The average molecular weight is 595 g/mol. The number of hydrogen-bond donors (Lipinski definition) is 1. The molecular formula is C30H42O12. The molecule has 0 saturated carbocycles. The number of hydrogen-bond acceptors (Lipinski definition) is 12. The summed E-state index contributed by atoms with van der Waals surface area (Å²) in [6.07, 6.45) is 6.19. The molecule has 0 aliphatic carbocycles. The summed E-state index contributed by atoms with van der Waals surface area (Å²) in [6, 6.07) is 0. The minimum absolute atomic E-state index is 0.0933. The van der Waals surface area contributed by atoms with Gasteiger partial charge in [0.15, 0.2) is 0 Å². The van der Waals surface area contributed by atoms with E-state index in [0.29, 0.717) is 0 Å². The number of ether oxygens (including phenoxy) is 6. The SMILES string of the molecule is C=CCC(=O)OCC(CO)(COCC(COC(=O)CC=C)(COC(=O)CC=C)COC(=O)CC=C)COC(=O)CC=C. The Hall–Kier alpha value is -4.03. The van der Waals surface area contributed by atoms with Crippen LogP contribution in [0.15, 0.2) is 63.3 Å². The molecule has 12 nitrogen and oxygen atoms in total. The Morgan fingerprint density at radius 3 is 0.929 bits per heavy atom. The Bertz CT molecular complexity index is 861. The highest BCUT2D eigenvalue weighted by Gasteiger charge is 2.39. The van der Waals surface area contributed by atoms with Gasteiger partial charge in [-0.25, -0.2) is 0 Å². The van der Waals surface area contributed by atoms with Gasteiger partial charge >= 0.3 is 29.8 Å². The second kappa shape index (κ2) is 21.7. The number of rotatable bonds is 25. The maximum absolute atomic E-state index is 12.1. The lowest BCUT2D eigenvalue weighted by Crippen LogP contribution is -2.46. The lowest BCUT2D eigenvalue weighted by Gasteiger charge is -2.35. The molecule has 0 rings (SSSR count). The topological polar surface area (TPSA) is 161 Å². The van der Waals surface area contributed by atoms with E-state index in [-0.39, 0.29) is 58.5 Å². The van der Waals surface area contributed by atoms with Crippen LogP contribution in [0, 0.1) is 10.8 Å². The first-order valence-electron chi connectivity index (χ1n) is 13.1. The summed E-state index contributed by atoms with van der Waals surface area (Å²) >= 11 is 0. The van der Waals surface area contributed by atoms with Gasteiger partial charge in [-0.2, -0.15) is 0 Å². The minimum atomic E-state index is -1.40. The fraction of sp³-hybridized carbons (Fsp3) is 0.500. The zero-order valence-electron chi connectivity index (χ0n) is 24.1. The van der Waals surface area contributed by atoms with Crippen LogP contribution in [0.2, 0.25) is 0 Å². The molecule has 12 heteroatoms. The molecule has 0 atom stereocenters. The number of aliphatic hydroxyl groups is 1. The maximum atomic E-state index is 12.1. The van der Waals surface area contributed by atoms with Crippen LogP contribution < -0.4 is 0 Å². The predicted octanol–water partition coefficient (Wildman–Crippen LogP) is 2.56. The molecule has 0 amide bonds. The third kappa shape index (κ3) is 16.3. The fourth-order valence-corrected chi connectivity index (χ4v) is 3.05. The van der Waals surface area contributed by atoms with E-state index in [2.05, 4.69) is 32.9 Å². The highest BCUT2D eigenvalue weighted by Crippen LogP contribution is 2.25. The Kier molecular flexibility index (Phi) is 19.6. The molecule has 0 aromatic rings. The molecule has 0 aliphatic heterocycles. The van der Waals surface area contributed by atoms with Gasteiger partial charge in [-0.3, -0.25) is 24.0 Å². The van der Waals surface area contributed by atoms with Crippen molar-refractivity contribution in [2.75, 3.05) is 52.9 Å². The molecule has 1 N–H and O–H groups in total. The van der Waals surface area contributed by atoms with Gasteiger partial charge in [0, 0.05) is 0 Å². The van der Waals surface area contributed by atoms with E-state index in [1.807, 2.05) is 0 Å². The second-order valence-electron chi connectivity index (χ2n) is 9.42. The summed E-state index contributed by atoms with van der Waals surface area (Å²) in [5.74, 6) is -3.19. The van der Waals surface area contributed by atoms with Crippen LogP contribution in [0.5, 0.6) is 0 Å². The quantitative estimate of drug-likeness (QED) is 0.0936. The zero-order chi connectivity index (χ0) is 31.9. The lowest BCUT2D eigenvalue weighted by molar-refractivity contribution is -0.171. The van der Waals surface area contributed by atoms with E-state index >= 15 is 0 Å². The predicted molar refractivity (Wildman–Crippen MR) is 152 cm³/mol. The monoisotopic (exact) mass is 594 g/mol. The Morgan fingerprint density at radius 1 is 0.452 bits per heavy atom. The smallest absolute Gasteiger partial charge is 0.309 e. The van der Waals surface area contributed by atoms with Crippen LogP contribution in [0.1, 0.15) is 32.1 Å². The molecule has 0 aromatic heterocycles. The van der Waals surface area contributed by atoms with Crippen molar-refractivity contribution in [1.29, 1.82) is 0 Å². The van der Waals surface area contributed by atoms with Gasteiger partial charge in [0.05, 0.1) is 62.8 Å². The zero-order valence-corrected chi connectivity index (χ0v) is 24.1. The molecule has 0 heterocycles. The molecule has 0 saturated heterocycles. The first kappa shape index (κ1) is 38.0. The van der Waals surface area contributed by atoms with E-state index in [0.717, 1.165) is 0 Å². The van der Waals surface area contributed by atoms with Gasteiger partial charge < -0.3 is 33.5 Å². The van der Waals surface area contributed by atoms with Crippen molar-refractivity contribution in [2.24, 2.45) is 10.8 Å². The number of carbonyl (C=O) groups is 5.